The molecule has 1 aromatic carbocycles. The Morgan fingerprint density at radius 2 is 1.89 bits per heavy atom. The van der Waals surface area contributed by atoms with Crippen molar-refractivity contribution in [3.05, 3.63) is 35.5 Å². The van der Waals surface area contributed by atoms with Gasteiger partial charge >= 0.3 is 0 Å². The SMILES string of the molecule is Cc1[nH]c2ccccc2c1[C@H](C)N1CCNCC1. The number of benzene rings is 1. The maximum absolute atomic E-state index is 3.50. The quantitative estimate of drug-likeness (QED) is 0.849. The highest BCUT2D eigenvalue weighted by Crippen LogP contribution is 2.31. The Hall–Kier alpha value is -1.32. The molecule has 1 atom stereocenters. The number of nitrogens with one attached hydrogen (secondary N) is 2. The maximum atomic E-state index is 3.50. The van der Waals surface area contributed by atoms with Crippen LogP contribution in [-0.4, -0.2) is 36.1 Å². The first-order valence-electron chi connectivity index (χ1n) is 6.79. The number of hydrogen-bond acceptors (Lipinski definition) is 2. The lowest BCUT2D eigenvalue weighted by molar-refractivity contribution is 0.186. The lowest BCUT2D eigenvalue weighted by Crippen LogP contribution is -2.44. The van der Waals surface area contributed by atoms with E-state index >= 15 is 0 Å². The van der Waals surface area contributed by atoms with Crippen molar-refractivity contribution < 1.29 is 0 Å². The van der Waals surface area contributed by atoms with E-state index in [1.165, 1.54) is 22.2 Å². The molecule has 2 heterocycles. The van der Waals surface area contributed by atoms with E-state index in [0.29, 0.717) is 6.04 Å². The molecule has 0 bridgehead atoms. The number of rotatable bonds is 2. The Morgan fingerprint density at radius 3 is 2.67 bits per heavy atom. The van der Waals surface area contributed by atoms with Crippen LogP contribution < -0.4 is 5.32 Å². The molecule has 0 unspecified atom stereocenters. The highest BCUT2D eigenvalue weighted by Gasteiger charge is 2.22. The summed E-state index contributed by atoms with van der Waals surface area (Å²) in [5.41, 5.74) is 4.03. The Labute approximate surface area is 108 Å². The topological polar surface area (TPSA) is 31.1 Å². The fourth-order valence-electron chi connectivity index (χ4n) is 3.09. The molecule has 2 N–H and O–H groups in total. The average Bonchev–Trinajstić information content (AvgIpc) is 2.75. The van der Waals surface area contributed by atoms with Crippen molar-refractivity contribution in [2.24, 2.45) is 0 Å². The summed E-state index contributed by atoms with van der Waals surface area (Å²) < 4.78 is 0. The molecule has 0 aliphatic carbocycles. The first-order chi connectivity index (χ1) is 8.77. The number of aromatic nitrogens is 1. The van der Waals surface area contributed by atoms with Gasteiger partial charge in [-0.15, -0.1) is 0 Å². The molecule has 3 rings (SSSR count). The van der Waals surface area contributed by atoms with Crippen LogP contribution in [0.25, 0.3) is 10.9 Å². The molecule has 1 saturated heterocycles. The van der Waals surface area contributed by atoms with Crippen LogP contribution >= 0.6 is 0 Å². The molecular formula is C15H21N3. The summed E-state index contributed by atoms with van der Waals surface area (Å²) in [6.07, 6.45) is 0. The number of aromatic amines is 1. The number of piperazine rings is 1. The van der Waals surface area contributed by atoms with Gasteiger partial charge in [-0.05, 0) is 25.5 Å². The van der Waals surface area contributed by atoms with Gasteiger partial charge in [-0.25, -0.2) is 0 Å². The summed E-state index contributed by atoms with van der Waals surface area (Å²) in [4.78, 5) is 6.07. The highest BCUT2D eigenvalue weighted by molar-refractivity contribution is 5.85. The molecule has 1 fully saturated rings. The summed E-state index contributed by atoms with van der Waals surface area (Å²) in [5.74, 6) is 0. The van der Waals surface area contributed by atoms with E-state index in [1.54, 1.807) is 0 Å². The molecule has 96 valence electrons. The summed E-state index contributed by atoms with van der Waals surface area (Å²) in [7, 11) is 0. The molecule has 1 aliphatic heterocycles. The van der Waals surface area contributed by atoms with E-state index in [1.807, 2.05) is 0 Å². The lowest BCUT2D eigenvalue weighted by Gasteiger charge is -2.33. The average molecular weight is 243 g/mol. The summed E-state index contributed by atoms with van der Waals surface area (Å²) in [5, 5.41) is 4.79. The number of aryl methyl sites for hydroxylation is 1. The van der Waals surface area contributed by atoms with E-state index < -0.39 is 0 Å². The molecule has 0 saturated carbocycles. The first kappa shape index (κ1) is 11.8. The van der Waals surface area contributed by atoms with Gasteiger partial charge in [0.15, 0.2) is 0 Å². The van der Waals surface area contributed by atoms with E-state index in [-0.39, 0.29) is 0 Å². The highest BCUT2D eigenvalue weighted by atomic mass is 15.2. The summed E-state index contributed by atoms with van der Waals surface area (Å²) >= 11 is 0. The van der Waals surface area contributed by atoms with Crippen molar-refractivity contribution in [1.82, 2.24) is 15.2 Å². The largest absolute Gasteiger partial charge is 0.358 e. The van der Waals surface area contributed by atoms with E-state index in [0.717, 1.165) is 26.2 Å². The van der Waals surface area contributed by atoms with E-state index in [2.05, 4.69) is 53.3 Å². The third-order valence-electron chi connectivity index (χ3n) is 4.06. The van der Waals surface area contributed by atoms with Crippen molar-refractivity contribution in [2.45, 2.75) is 19.9 Å². The molecule has 3 heteroatoms. The van der Waals surface area contributed by atoms with Crippen molar-refractivity contribution >= 4 is 10.9 Å². The van der Waals surface area contributed by atoms with Gasteiger partial charge in [-0.1, -0.05) is 18.2 Å². The predicted molar refractivity (Wildman–Crippen MR) is 75.9 cm³/mol. The number of nitrogens with zero attached hydrogens (tertiary/aromatic N) is 1. The normalized spacial score (nSPS) is 19.2. The molecule has 3 nitrogen and oxygen atoms in total. The van der Waals surface area contributed by atoms with Crippen LogP contribution in [-0.2, 0) is 0 Å². The fraction of sp³-hybridized carbons (Fsp3) is 0.467. The Bertz CT molecular complexity index is 538. The van der Waals surface area contributed by atoms with Crippen molar-refractivity contribution in [3.8, 4) is 0 Å². The molecule has 2 aromatic rings. The number of para-hydroxylation sites is 1. The molecular weight excluding hydrogens is 222 g/mol. The summed E-state index contributed by atoms with van der Waals surface area (Å²) in [6, 6.07) is 9.10. The van der Waals surface area contributed by atoms with Gasteiger partial charge in [0.25, 0.3) is 0 Å². The Morgan fingerprint density at radius 1 is 1.17 bits per heavy atom. The zero-order valence-corrected chi connectivity index (χ0v) is 11.2. The zero-order valence-electron chi connectivity index (χ0n) is 11.2. The van der Waals surface area contributed by atoms with Crippen LogP contribution in [0.2, 0.25) is 0 Å². The minimum Gasteiger partial charge on any atom is -0.358 e. The lowest BCUT2D eigenvalue weighted by atomic mass is 10.0. The van der Waals surface area contributed by atoms with Crippen LogP contribution in [0.4, 0.5) is 0 Å². The minimum atomic E-state index is 0.489. The van der Waals surface area contributed by atoms with E-state index in [9.17, 15) is 0 Å². The standard InChI is InChI=1S/C15H21N3/c1-11-15(12(2)18-9-7-16-8-10-18)13-5-3-4-6-14(13)17-11/h3-6,12,16-17H,7-10H2,1-2H3/t12-/m0/s1. The van der Waals surface area contributed by atoms with Gasteiger partial charge in [-0.2, -0.15) is 0 Å². The first-order valence-corrected chi connectivity index (χ1v) is 6.79. The van der Waals surface area contributed by atoms with Crippen LogP contribution in [0.1, 0.15) is 24.2 Å². The van der Waals surface area contributed by atoms with Crippen molar-refractivity contribution in [2.75, 3.05) is 26.2 Å². The second-order valence-corrected chi connectivity index (χ2v) is 5.17. The molecule has 0 spiro atoms. The van der Waals surface area contributed by atoms with Crippen LogP contribution in [0.5, 0.6) is 0 Å². The number of fused-ring (bicyclic) bond motifs is 1. The van der Waals surface area contributed by atoms with Gasteiger partial charge in [-0.3, -0.25) is 4.90 Å². The molecule has 18 heavy (non-hydrogen) atoms. The summed E-state index contributed by atoms with van der Waals surface area (Å²) in [6.45, 7) is 9.00. The molecule has 1 aromatic heterocycles. The van der Waals surface area contributed by atoms with Crippen molar-refractivity contribution in [1.29, 1.82) is 0 Å². The number of hydrogen-bond donors (Lipinski definition) is 2. The van der Waals surface area contributed by atoms with Crippen LogP contribution in [0.15, 0.2) is 24.3 Å². The molecule has 1 aliphatic rings. The van der Waals surface area contributed by atoms with Gasteiger partial charge in [0.1, 0.15) is 0 Å². The molecule has 0 radical (unpaired) electrons. The Kier molecular flexibility index (Phi) is 3.10. The van der Waals surface area contributed by atoms with Gasteiger partial charge in [0.2, 0.25) is 0 Å². The van der Waals surface area contributed by atoms with Crippen LogP contribution in [0.3, 0.4) is 0 Å². The van der Waals surface area contributed by atoms with Gasteiger partial charge in [0, 0.05) is 48.8 Å². The second-order valence-electron chi connectivity index (χ2n) is 5.17. The Balaban J connectivity index is 1.99. The number of H-pyrrole nitrogens is 1. The third kappa shape index (κ3) is 1.93. The monoisotopic (exact) mass is 243 g/mol. The van der Waals surface area contributed by atoms with Crippen molar-refractivity contribution in [3.63, 3.8) is 0 Å². The predicted octanol–water partition coefficient (Wildman–Crippen LogP) is 2.44. The smallest absolute Gasteiger partial charge is 0.0459 e. The van der Waals surface area contributed by atoms with Gasteiger partial charge < -0.3 is 10.3 Å². The fourth-order valence-corrected chi connectivity index (χ4v) is 3.09. The molecule has 0 amide bonds. The van der Waals surface area contributed by atoms with Crippen LogP contribution in [0, 0.1) is 6.92 Å². The van der Waals surface area contributed by atoms with Gasteiger partial charge in [0.05, 0.1) is 0 Å². The minimum absolute atomic E-state index is 0.489. The maximum Gasteiger partial charge on any atom is 0.0459 e. The third-order valence-corrected chi connectivity index (χ3v) is 4.06. The zero-order chi connectivity index (χ0) is 12.5. The second kappa shape index (κ2) is 4.75. The van der Waals surface area contributed by atoms with E-state index in [4.69, 9.17) is 0 Å².